The lowest BCUT2D eigenvalue weighted by Crippen LogP contribution is -2.19. The first kappa shape index (κ1) is 14.5. The first-order valence-corrected chi connectivity index (χ1v) is 7.64. The molecule has 0 saturated carbocycles. The quantitative estimate of drug-likeness (QED) is 0.742. The molecule has 4 N–H and O–H groups in total. The van der Waals surface area contributed by atoms with Crippen molar-refractivity contribution in [1.82, 2.24) is 10.2 Å². The van der Waals surface area contributed by atoms with Crippen molar-refractivity contribution in [3.63, 3.8) is 0 Å². The predicted molar refractivity (Wildman–Crippen MR) is 81.2 cm³/mol. The average Bonchev–Trinajstić information content (AvgIpc) is 2.75. The summed E-state index contributed by atoms with van der Waals surface area (Å²) in [6.07, 6.45) is 1.26. The molecule has 0 fully saturated rings. The third-order valence-corrected chi connectivity index (χ3v) is 4.52. The summed E-state index contributed by atoms with van der Waals surface area (Å²) < 4.78 is 27.1. The number of nitrogens with zero attached hydrogens (tertiary/aromatic N) is 1. The Labute approximate surface area is 122 Å². The molecule has 20 heavy (non-hydrogen) atoms. The highest BCUT2D eigenvalue weighted by Gasteiger charge is 2.21. The number of rotatable bonds is 4. The maximum atomic E-state index is 12.3. The van der Waals surface area contributed by atoms with Crippen LogP contribution in [0.3, 0.4) is 0 Å². The van der Waals surface area contributed by atoms with Gasteiger partial charge in [0.25, 0.3) is 10.0 Å². The zero-order valence-electron chi connectivity index (χ0n) is 11.0. The summed E-state index contributed by atoms with van der Waals surface area (Å²) in [5.74, 6) is 0. The molecule has 6 nitrogen and oxygen atoms in total. The van der Waals surface area contributed by atoms with E-state index in [-0.39, 0.29) is 9.88 Å². The summed E-state index contributed by atoms with van der Waals surface area (Å²) in [7, 11) is -3.73. The van der Waals surface area contributed by atoms with Crippen LogP contribution in [0.1, 0.15) is 16.8 Å². The number of aromatic amines is 1. The number of nitrogens with one attached hydrogen (secondary N) is 2. The van der Waals surface area contributed by atoms with Crippen molar-refractivity contribution in [2.45, 2.75) is 18.7 Å². The van der Waals surface area contributed by atoms with Crippen LogP contribution < -0.4 is 10.5 Å². The van der Waals surface area contributed by atoms with Gasteiger partial charge in [0.05, 0.1) is 17.6 Å². The first-order valence-electron chi connectivity index (χ1n) is 5.75. The second-order valence-corrected chi connectivity index (χ2v) is 6.42. The molecule has 0 aliphatic rings. The van der Waals surface area contributed by atoms with Gasteiger partial charge in [-0.2, -0.15) is 5.10 Å². The normalized spacial score (nSPS) is 11.3. The number of sulfonamides is 1. The molecule has 0 saturated heterocycles. The SMILES string of the molecule is Cc1cccc(NS(=O)(=O)c2cn[nH]c2C)c1C(N)=S. The molecule has 0 amide bonds. The van der Waals surface area contributed by atoms with Gasteiger partial charge in [-0.25, -0.2) is 8.42 Å². The van der Waals surface area contributed by atoms with Crippen molar-refractivity contribution in [3.8, 4) is 0 Å². The van der Waals surface area contributed by atoms with Crippen LogP contribution in [0.5, 0.6) is 0 Å². The molecule has 2 rings (SSSR count). The number of aryl methyl sites for hydroxylation is 2. The Hall–Kier alpha value is -1.93. The van der Waals surface area contributed by atoms with Crippen LogP contribution in [0.4, 0.5) is 5.69 Å². The van der Waals surface area contributed by atoms with Gasteiger partial charge in [0.1, 0.15) is 9.88 Å². The van der Waals surface area contributed by atoms with Crippen LogP contribution in [0, 0.1) is 13.8 Å². The second kappa shape index (κ2) is 5.22. The van der Waals surface area contributed by atoms with Crippen molar-refractivity contribution in [2.24, 2.45) is 5.73 Å². The zero-order chi connectivity index (χ0) is 14.9. The number of hydrogen-bond donors (Lipinski definition) is 3. The molecule has 0 radical (unpaired) electrons. The van der Waals surface area contributed by atoms with Gasteiger partial charge >= 0.3 is 0 Å². The third-order valence-electron chi connectivity index (χ3n) is 2.84. The molecular weight excluding hydrogens is 296 g/mol. The Morgan fingerprint density at radius 1 is 1.40 bits per heavy atom. The topological polar surface area (TPSA) is 101 Å². The standard InChI is InChI=1S/C12H14N4O2S2/c1-7-4-3-5-9(11(7)12(13)19)16-20(17,18)10-6-14-15-8(10)2/h3-6,16H,1-2H3,(H2,13,19)(H,14,15). The molecule has 0 aliphatic heterocycles. The van der Waals surface area contributed by atoms with Crippen LogP contribution in [0.2, 0.25) is 0 Å². The maximum Gasteiger partial charge on any atom is 0.265 e. The van der Waals surface area contributed by atoms with Gasteiger partial charge < -0.3 is 5.73 Å². The Bertz CT molecular complexity index is 766. The second-order valence-electron chi connectivity index (χ2n) is 4.33. The molecule has 0 aliphatic carbocycles. The lowest BCUT2D eigenvalue weighted by Gasteiger charge is -2.13. The fourth-order valence-corrected chi connectivity index (χ4v) is 3.37. The van der Waals surface area contributed by atoms with Crippen LogP contribution in [0.15, 0.2) is 29.3 Å². The van der Waals surface area contributed by atoms with E-state index in [1.165, 1.54) is 6.20 Å². The number of thiocarbonyl (C=S) groups is 1. The van der Waals surface area contributed by atoms with Gasteiger partial charge in [0, 0.05) is 5.56 Å². The number of anilines is 1. The highest BCUT2D eigenvalue weighted by Crippen LogP contribution is 2.23. The fourth-order valence-electron chi connectivity index (χ4n) is 1.89. The van der Waals surface area contributed by atoms with Crippen molar-refractivity contribution in [2.75, 3.05) is 4.72 Å². The van der Waals surface area contributed by atoms with E-state index in [0.29, 0.717) is 16.9 Å². The summed E-state index contributed by atoms with van der Waals surface area (Å²) in [6, 6.07) is 5.17. The lowest BCUT2D eigenvalue weighted by atomic mass is 10.1. The molecule has 0 bridgehead atoms. The Morgan fingerprint density at radius 2 is 2.10 bits per heavy atom. The number of hydrogen-bond acceptors (Lipinski definition) is 4. The minimum atomic E-state index is -3.73. The predicted octanol–water partition coefficient (Wildman–Crippen LogP) is 1.46. The summed E-state index contributed by atoms with van der Waals surface area (Å²) in [5.41, 5.74) is 7.81. The van der Waals surface area contributed by atoms with Crippen LogP contribution in [-0.2, 0) is 10.0 Å². The molecule has 1 aromatic heterocycles. The van der Waals surface area contributed by atoms with E-state index in [1.54, 1.807) is 19.1 Å². The number of aromatic nitrogens is 2. The first-order chi connectivity index (χ1) is 9.33. The van der Waals surface area contributed by atoms with Crippen LogP contribution in [-0.4, -0.2) is 23.6 Å². The minimum Gasteiger partial charge on any atom is -0.389 e. The summed E-state index contributed by atoms with van der Waals surface area (Å²) in [5, 5.41) is 6.30. The van der Waals surface area contributed by atoms with Crippen molar-refractivity contribution >= 4 is 32.9 Å². The number of nitrogens with two attached hydrogens (primary N) is 1. The Morgan fingerprint density at radius 3 is 2.65 bits per heavy atom. The molecule has 0 spiro atoms. The molecule has 1 aromatic carbocycles. The minimum absolute atomic E-state index is 0.0906. The largest absolute Gasteiger partial charge is 0.389 e. The Kier molecular flexibility index (Phi) is 3.78. The summed E-state index contributed by atoms with van der Waals surface area (Å²) >= 11 is 4.98. The molecule has 1 heterocycles. The van der Waals surface area contributed by atoms with Gasteiger partial charge in [-0.05, 0) is 25.5 Å². The highest BCUT2D eigenvalue weighted by atomic mass is 32.2. The maximum absolute atomic E-state index is 12.3. The number of H-pyrrole nitrogens is 1. The highest BCUT2D eigenvalue weighted by molar-refractivity contribution is 7.92. The van der Waals surface area contributed by atoms with Gasteiger partial charge in [-0.3, -0.25) is 9.82 Å². The van der Waals surface area contributed by atoms with Crippen molar-refractivity contribution < 1.29 is 8.42 Å². The lowest BCUT2D eigenvalue weighted by molar-refractivity contribution is 0.600. The van der Waals surface area contributed by atoms with Crippen LogP contribution in [0.25, 0.3) is 0 Å². The van der Waals surface area contributed by atoms with E-state index in [0.717, 1.165) is 5.56 Å². The monoisotopic (exact) mass is 310 g/mol. The molecule has 2 aromatic rings. The number of benzene rings is 1. The van der Waals surface area contributed by atoms with E-state index in [2.05, 4.69) is 14.9 Å². The molecule has 8 heteroatoms. The molecule has 0 atom stereocenters. The van der Waals surface area contributed by atoms with E-state index in [9.17, 15) is 8.42 Å². The van der Waals surface area contributed by atoms with E-state index in [4.69, 9.17) is 18.0 Å². The van der Waals surface area contributed by atoms with Crippen LogP contribution >= 0.6 is 12.2 Å². The molecular formula is C12H14N4O2S2. The third kappa shape index (κ3) is 2.66. The molecule has 0 unspecified atom stereocenters. The van der Waals surface area contributed by atoms with E-state index >= 15 is 0 Å². The Balaban J connectivity index is 2.48. The average molecular weight is 310 g/mol. The van der Waals surface area contributed by atoms with E-state index < -0.39 is 10.0 Å². The van der Waals surface area contributed by atoms with Gasteiger partial charge in [-0.15, -0.1) is 0 Å². The summed E-state index contributed by atoms with van der Waals surface area (Å²) in [4.78, 5) is 0.234. The van der Waals surface area contributed by atoms with Gasteiger partial charge in [0.15, 0.2) is 0 Å². The fraction of sp³-hybridized carbons (Fsp3) is 0.167. The van der Waals surface area contributed by atoms with Crippen molar-refractivity contribution in [1.29, 1.82) is 0 Å². The zero-order valence-corrected chi connectivity index (χ0v) is 12.6. The summed E-state index contributed by atoms with van der Waals surface area (Å²) in [6.45, 7) is 3.45. The van der Waals surface area contributed by atoms with Gasteiger partial charge in [-0.1, -0.05) is 24.4 Å². The molecule has 106 valence electrons. The smallest absolute Gasteiger partial charge is 0.265 e. The van der Waals surface area contributed by atoms with Gasteiger partial charge in [0.2, 0.25) is 0 Å². The van der Waals surface area contributed by atoms with E-state index in [1.807, 2.05) is 13.0 Å². The van der Waals surface area contributed by atoms with Crippen molar-refractivity contribution in [3.05, 3.63) is 41.2 Å².